The van der Waals surface area contributed by atoms with Crippen molar-refractivity contribution in [3.63, 3.8) is 0 Å². The Hall–Kier alpha value is -4.21. The summed E-state index contributed by atoms with van der Waals surface area (Å²) in [5.41, 5.74) is 1.38. The quantitative estimate of drug-likeness (QED) is 0.382. The zero-order chi connectivity index (χ0) is 26.9. The molecule has 194 valence electrons. The van der Waals surface area contributed by atoms with Gasteiger partial charge in [0.1, 0.15) is 6.54 Å². The van der Waals surface area contributed by atoms with Gasteiger partial charge >= 0.3 is 5.69 Å². The largest absolute Gasteiger partial charge is 0.352 e. The van der Waals surface area contributed by atoms with Gasteiger partial charge in [-0.15, -0.1) is 5.10 Å². The molecule has 0 saturated heterocycles. The number of nitrogens with one attached hydrogen (secondary N) is 2. The Labute approximate surface area is 213 Å². The van der Waals surface area contributed by atoms with Crippen molar-refractivity contribution in [2.75, 3.05) is 5.32 Å². The van der Waals surface area contributed by atoms with Gasteiger partial charge in [0.15, 0.2) is 0 Å². The van der Waals surface area contributed by atoms with Crippen LogP contribution in [0.25, 0.3) is 16.7 Å². The van der Waals surface area contributed by atoms with Gasteiger partial charge in [0.25, 0.3) is 11.5 Å². The first kappa shape index (κ1) is 25.9. The summed E-state index contributed by atoms with van der Waals surface area (Å²) in [5, 5.41) is 10.3. The van der Waals surface area contributed by atoms with Crippen molar-refractivity contribution in [2.45, 2.75) is 66.1 Å². The van der Waals surface area contributed by atoms with Crippen LogP contribution in [-0.2, 0) is 17.8 Å². The Kier molecular flexibility index (Phi) is 7.28. The number of benzene rings is 2. The third kappa shape index (κ3) is 5.04. The zero-order valence-electron chi connectivity index (χ0n) is 21.7. The highest BCUT2D eigenvalue weighted by Gasteiger charge is 2.21. The maximum Gasteiger partial charge on any atom is 0.352 e. The summed E-state index contributed by atoms with van der Waals surface area (Å²) in [5.74, 6) is -0.612. The number of aromatic nitrogens is 4. The first-order valence-electron chi connectivity index (χ1n) is 12.5. The normalized spacial score (nSPS) is 12.3. The average molecular weight is 505 g/mol. The van der Waals surface area contributed by atoms with Crippen LogP contribution < -0.4 is 21.9 Å². The highest BCUT2D eigenvalue weighted by molar-refractivity contribution is 5.98. The Morgan fingerprint density at radius 3 is 2.46 bits per heavy atom. The zero-order valence-corrected chi connectivity index (χ0v) is 21.7. The number of fused-ring (bicyclic) bond motifs is 3. The Balaban J connectivity index is 1.81. The fourth-order valence-corrected chi connectivity index (χ4v) is 4.21. The van der Waals surface area contributed by atoms with E-state index in [0.29, 0.717) is 11.3 Å². The summed E-state index contributed by atoms with van der Waals surface area (Å²) in [6, 6.07) is 11.8. The maximum atomic E-state index is 13.5. The van der Waals surface area contributed by atoms with Crippen LogP contribution in [0.5, 0.6) is 0 Å². The van der Waals surface area contributed by atoms with E-state index in [9.17, 15) is 19.2 Å². The summed E-state index contributed by atoms with van der Waals surface area (Å²) in [7, 11) is 0. The van der Waals surface area contributed by atoms with Gasteiger partial charge in [-0.2, -0.15) is 0 Å². The second kappa shape index (κ2) is 10.4. The first-order chi connectivity index (χ1) is 17.6. The molecular weight excluding hydrogens is 472 g/mol. The highest BCUT2D eigenvalue weighted by atomic mass is 16.2. The molecule has 2 heterocycles. The molecule has 1 unspecified atom stereocenters. The lowest BCUT2D eigenvalue weighted by atomic mass is 10.1. The molecule has 0 radical (unpaired) electrons. The van der Waals surface area contributed by atoms with E-state index in [2.05, 4.69) is 15.7 Å². The molecule has 0 fully saturated rings. The number of rotatable bonds is 8. The SMILES string of the molecule is CCc1cccc(NC(=O)Cn2nc3n(C(C)C)c(=O)c4ccc(C(=O)NC(C)CC)cc4n3c2=O)c1. The summed E-state index contributed by atoms with van der Waals surface area (Å²) in [4.78, 5) is 52.4. The van der Waals surface area contributed by atoms with E-state index in [4.69, 9.17) is 0 Å². The molecule has 4 aromatic rings. The van der Waals surface area contributed by atoms with Gasteiger partial charge in [-0.3, -0.25) is 19.0 Å². The van der Waals surface area contributed by atoms with E-state index in [1.54, 1.807) is 18.2 Å². The van der Waals surface area contributed by atoms with Gasteiger partial charge in [0.05, 0.1) is 10.9 Å². The molecule has 2 aromatic heterocycles. The van der Waals surface area contributed by atoms with E-state index in [0.717, 1.165) is 23.1 Å². The number of hydrogen-bond acceptors (Lipinski definition) is 5. The summed E-state index contributed by atoms with van der Waals surface area (Å²) < 4.78 is 3.75. The molecular formula is C27H32N6O4. The lowest BCUT2D eigenvalue weighted by Gasteiger charge is -2.14. The third-order valence-corrected chi connectivity index (χ3v) is 6.41. The summed E-state index contributed by atoms with van der Waals surface area (Å²) in [6.45, 7) is 9.19. The average Bonchev–Trinajstić information content (AvgIpc) is 3.18. The van der Waals surface area contributed by atoms with Gasteiger partial charge in [-0.25, -0.2) is 13.9 Å². The van der Waals surface area contributed by atoms with Crippen LogP contribution in [0.4, 0.5) is 5.69 Å². The number of amides is 2. The Bertz CT molecular complexity index is 1610. The van der Waals surface area contributed by atoms with Gasteiger partial charge in [0.2, 0.25) is 11.7 Å². The molecule has 0 aliphatic carbocycles. The van der Waals surface area contributed by atoms with E-state index >= 15 is 0 Å². The molecule has 0 bridgehead atoms. The Morgan fingerprint density at radius 1 is 1.03 bits per heavy atom. The predicted octanol–water partition coefficient (Wildman–Crippen LogP) is 3.12. The van der Waals surface area contributed by atoms with Crippen molar-refractivity contribution >= 4 is 34.2 Å². The number of aryl methyl sites for hydroxylation is 1. The number of hydrogen-bond donors (Lipinski definition) is 2. The van der Waals surface area contributed by atoms with Crippen LogP contribution in [0.2, 0.25) is 0 Å². The molecule has 37 heavy (non-hydrogen) atoms. The van der Waals surface area contributed by atoms with Crippen molar-refractivity contribution in [1.29, 1.82) is 0 Å². The molecule has 0 spiro atoms. The standard InChI is InChI=1S/C27H32N6O4/c1-6-17(5)28-24(35)19-11-12-21-22(14-19)33-26(32(16(3)4)25(21)36)30-31(27(33)37)15-23(34)29-20-10-8-9-18(7-2)13-20/h8-14,16-17H,6-7,15H2,1-5H3,(H,28,35)(H,29,34). The smallest absolute Gasteiger partial charge is 0.350 e. The number of anilines is 1. The maximum absolute atomic E-state index is 13.5. The van der Waals surface area contributed by atoms with Crippen molar-refractivity contribution in [1.82, 2.24) is 24.1 Å². The fourth-order valence-electron chi connectivity index (χ4n) is 4.21. The molecule has 10 nitrogen and oxygen atoms in total. The van der Waals surface area contributed by atoms with Crippen molar-refractivity contribution in [3.05, 3.63) is 74.4 Å². The predicted molar refractivity (Wildman–Crippen MR) is 143 cm³/mol. The van der Waals surface area contributed by atoms with Crippen LogP contribution in [-0.4, -0.2) is 36.6 Å². The van der Waals surface area contributed by atoms with E-state index < -0.39 is 11.6 Å². The fraction of sp³-hybridized carbons (Fsp3) is 0.370. The topological polar surface area (TPSA) is 120 Å². The molecule has 2 N–H and O–H groups in total. The van der Waals surface area contributed by atoms with Gasteiger partial charge in [-0.05, 0) is 69.5 Å². The Morgan fingerprint density at radius 2 is 1.78 bits per heavy atom. The molecule has 2 amide bonds. The minimum atomic E-state index is -0.577. The van der Waals surface area contributed by atoms with Gasteiger partial charge in [-0.1, -0.05) is 26.0 Å². The third-order valence-electron chi connectivity index (χ3n) is 6.41. The summed E-state index contributed by atoms with van der Waals surface area (Å²) in [6.07, 6.45) is 1.59. The second-order valence-corrected chi connectivity index (χ2v) is 9.46. The molecule has 4 rings (SSSR count). The van der Waals surface area contributed by atoms with Crippen molar-refractivity contribution in [2.24, 2.45) is 0 Å². The van der Waals surface area contributed by atoms with E-state index in [-0.39, 0.29) is 46.8 Å². The molecule has 10 heteroatoms. The minimum absolute atomic E-state index is 0.0286. The molecule has 1 atom stereocenters. The number of carbonyl (C=O) groups excluding carboxylic acids is 2. The second-order valence-electron chi connectivity index (χ2n) is 9.46. The van der Waals surface area contributed by atoms with Crippen molar-refractivity contribution < 1.29 is 9.59 Å². The molecule has 2 aromatic carbocycles. The summed E-state index contributed by atoms with van der Waals surface area (Å²) >= 11 is 0. The van der Waals surface area contributed by atoms with Crippen LogP contribution in [0.15, 0.2) is 52.1 Å². The lowest BCUT2D eigenvalue weighted by Crippen LogP contribution is -2.32. The first-order valence-corrected chi connectivity index (χ1v) is 12.5. The van der Waals surface area contributed by atoms with Gasteiger partial charge < -0.3 is 10.6 Å². The number of nitrogens with zero attached hydrogens (tertiary/aromatic N) is 4. The highest BCUT2D eigenvalue weighted by Crippen LogP contribution is 2.17. The van der Waals surface area contributed by atoms with Crippen LogP contribution in [0.1, 0.15) is 63.0 Å². The molecule has 0 saturated carbocycles. The van der Waals surface area contributed by atoms with Crippen LogP contribution in [0.3, 0.4) is 0 Å². The van der Waals surface area contributed by atoms with Gasteiger partial charge in [0, 0.05) is 23.3 Å². The number of carbonyl (C=O) groups is 2. The molecule has 0 aliphatic rings. The lowest BCUT2D eigenvalue weighted by molar-refractivity contribution is -0.117. The minimum Gasteiger partial charge on any atom is -0.350 e. The van der Waals surface area contributed by atoms with Crippen LogP contribution in [0, 0.1) is 0 Å². The van der Waals surface area contributed by atoms with E-state index in [1.165, 1.54) is 15.0 Å². The van der Waals surface area contributed by atoms with Crippen LogP contribution >= 0.6 is 0 Å². The van der Waals surface area contributed by atoms with E-state index in [1.807, 2.05) is 52.8 Å². The monoisotopic (exact) mass is 504 g/mol. The van der Waals surface area contributed by atoms with Crippen molar-refractivity contribution in [3.8, 4) is 0 Å². The molecule has 0 aliphatic heterocycles.